The monoisotopic (exact) mass is 383 g/mol. The van der Waals surface area contributed by atoms with Crippen LogP contribution in [0.3, 0.4) is 0 Å². The number of nitrogens with zero attached hydrogens (tertiary/aromatic N) is 2. The molecule has 2 fully saturated rings. The molecule has 1 aromatic carbocycles. The Labute approximate surface area is 153 Å². The highest BCUT2D eigenvalue weighted by Gasteiger charge is 2.30. The highest BCUT2D eigenvalue weighted by molar-refractivity contribution is 7.89. The fourth-order valence-corrected chi connectivity index (χ4v) is 5.07. The molecule has 1 aromatic rings. The predicted octanol–water partition coefficient (Wildman–Crippen LogP) is 2.75. The first-order valence-electron chi connectivity index (χ1n) is 9.06. The van der Waals surface area contributed by atoms with E-state index in [0.29, 0.717) is 25.4 Å². The molecular weight excluding hydrogens is 358 g/mol. The highest BCUT2D eigenvalue weighted by atomic mass is 32.2. The molecule has 0 bridgehead atoms. The van der Waals surface area contributed by atoms with E-state index in [1.165, 1.54) is 16.4 Å². The van der Waals surface area contributed by atoms with Crippen LogP contribution in [0.2, 0.25) is 0 Å². The zero-order chi connectivity index (χ0) is 18.7. The van der Waals surface area contributed by atoms with Crippen molar-refractivity contribution < 1.29 is 18.1 Å². The number of sulfonamides is 1. The molecule has 0 aromatic heterocycles. The van der Waals surface area contributed by atoms with Crippen LogP contribution in [0.4, 0.5) is 11.4 Å². The van der Waals surface area contributed by atoms with Gasteiger partial charge in [-0.25, -0.2) is 8.42 Å². The Hall–Kier alpha value is -1.71. The van der Waals surface area contributed by atoms with Gasteiger partial charge in [0.2, 0.25) is 10.0 Å². The molecule has 2 aliphatic rings. The zero-order valence-electron chi connectivity index (χ0n) is 14.9. The lowest BCUT2D eigenvalue weighted by molar-refractivity contribution is -0.384. The number of anilines is 1. The van der Waals surface area contributed by atoms with Gasteiger partial charge in [-0.3, -0.25) is 10.1 Å². The average Bonchev–Trinajstić information content (AvgIpc) is 3.17. The maximum atomic E-state index is 12.8. The molecular formula is C17H25N3O5S. The van der Waals surface area contributed by atoms with Crippen molar-refractivity contribution in [1.29, 1.82) is 0 Å². The summed E-state index contributed by atoms with van der Waals surface area (Å²) in [6.07, 6.45) is 4.54. The molecule has 0 spiro atoms. The Balaban J connectivity index is 1.85. The van der Waals surface area contributed by atoms with E-state index in [-0.39, 0.29) is 22.7 Å². The summed E-state index contributed by atoms with van der Waals surface area (Å²) in [4.78, 5) is 10.9. The minimum Gasteiger partial charge on any atom is -0.376 e. The third-order valence-electron chi connectivity index (χ3n) is 5.02. The first-order chi connectivity index (χ1) is 12.4. The van der Waals surface area contributed by atoms with Crippen LogP contribution in [0.25, 0.3) is 0 Å². The lowest BCUT2D eigenvalue weighted by atomic mass is 10.1. The molecule has 144 valence electrons. The van der Waals surface area contributed by atoms with Crippen molar-refractivity contribution in [2.75, 3.05) is 25.0 Å². The van der Waals surface area contributed by atoms with E-state index in [1.807, 2.05) is 6.92 Å². The van der Waals surface area contributed by atoms with E-state index in [9.17, 15) is 18.5 Å². The molecule has 0 aliphatic carbocycles. The Bertz CT molecular complexity index is 756. The lowest BCUT2D eigenvalue weighted by Crippen LogP contribution is -2.35. The third-order valence-corrected chi connectivity index (χ3v) is 6.92. The van der Waals surface area contributed by atoms with Crippen molar-refractivity contribution in [3.63, 3.8) is 0 Å². The van der Waals surface area contributed by atoms with E-state index in [1.54, 1.807) is 0 Å². The van der Waals surface area contributed by atoms with Gasteiger partial charge in [-0.1, -0.05) is 6.42 Å². The summed E-state index contributed by atoms with van der Waals surface area (Å²) >= 11 is 0. The molecule has 2 aliphatic heterocycles. The fourth-order valence-electron chi connectivity index (χ4n) is 3.53. The number of ether oxygens (including phenoxy) is 1. The Kier molecular flexibility index (Phi) is 5.79. The topological polar surface area (TPSA) is 102 Å². The molecule has 0 radical (unpaired) electrons. The largest absolute Gasteiger partial charge is 0.376 e. The van der Waals surface area contributed by atoms with Crippen molar-refractivity contribution in [3.8, 4) is 0 Å². The number of nitro benzene ring substituents is 1. The van der Waals surface area contributed by atoms with Gasteiger partial charge in [0.25, 0.3) is 5.69 Å². The first-order valence-corrected chi connectivity index (χ1v) is 10.5. The predicted molar refractivity (Wildman–Crippen MR) is 97.8 cm³/mol. The molecule has 2 heterocycles. The summed E-state index contributed by atoms with van der Waals surface area (Å²) in [5, 5.41) is 14.6. The van der Waals surface area contributed by atoms with Crippen molar-refractivity contribution in [1.82, 2.24) is 4.31 Å². The van der Waals surface area contributed by atoms with Gasteiger partial charge in [-0.05, 0) is 44.7 Å². The van der Waals surface area contributed by atoms with Gasteiger partial charge >= 0.3 is 0 Å². The lowest BCUT2D eigenvalue weighted by Gasteiger charge is -2.26. The number of nitrogens with one attached hydrogen (secondary N) is 1. The van der Waals surface area contributed by atoms with Crippen LogP contribution in [0.15, 0.2) is 23.1 Å². The second-order valence-electron chi connectivity index (χ2n) is 6.89. The zero-order valence-corrected chi connectivity index (χ0v) is 15.7. The SMILES string of the molecule is CC(Nc1ccc(S(=O)(=O)N2CCCCC2)cc1[N+](=O)[O-])C1CCCO1. The molecule has 0 saturated carbocycles. The summed E-state index contributed by atoms with van der Waals surface area (Å²) in [6, 6.07) is 4.00. The second-order valence-corrected chi connectivity index (χ2v) is 8.82. The number of nitro groups is 1. The van der Waals surface area contributed by atoms with Gasteiger partial charge in [0.05, 0.1) is 15.9 Å². The molecule has 9 heteroatoms. The number of benzene rings is 1. The Morgan fingerprint density at radius 1 is 1.27 bits per heavy atom. The van der Waals surface area contributed by atoms with Crippen LogP contribution in [0, 0.1) is 10.1 Å². The molecule has 26 heavy (non-hydrogen) atoms. The van der Waals surface area contributed by atoms with Crippen molar-refractivity contribution in [2.45, 2.75) is 56.1 Å². The molecule has 1 N–H and O–H groups in total. The van der Waals surface area contributed by atoms with Crippen LogP contribution in [-0.2, 0) is 14.8 Å². The van der Waals surface area contributed by atoms with Crippen LogP contribution in [-0.4, -0.2) is 49.5 Å². The summed E-state index contributed by atoms with van der Waals surface area (Å²) in [5.41, 5.74) is 0.0866. The maximum Gasteiger partial charge on any atom is 0.293 e. The van der Waals surface area contributed by atoms with Crippen LogP contribution in [0.1, 0.15) is 39.0 Å². The Morgan fingerprint density at radius 3 is 2.62 bits per heavy atom. The van der Waals surface area contributed by atoms with Crippen molar-refractivity contribution >= 4 is 21.4 Å². The van der Waals surface area contributed by atoms with Gasteiger partial charge in [0.15, 0.2) is 0 Å². The molecule has 2 unspecified atom stereocenters. The number of hydrogen-bond acceptors (Lipinski definition) is 6. The van der Waals surface area contributed by atoms with Gasteiger partial charge in [0, 0.05) is 31.8 Å². The van der Waals surface area contributed by atoms with Gasteiger partial charge in [-0.15, -0.1) is 0 Å². The van der Waals surface area contributed by atoms with Gasteiger partial charge < -0.3 is 10.1 Å². The highest BCUT2D eigenvalue weighted by Crippen LogP contribution is 2.31. The smallest absolute Gasteiger partial charge is 0.293 e. The molecule has 8 nitrogen and oxygen atoms in total. The normalized spacial score (nSPS) is 22.9. The summed E-state index contributed by atoms with van der Waals surface area (Å²) in [6.45, 7) is 3.54. The minimum atomic E-state index is -3.70. The number of hydrogen-bond donors (Lipinski definition) is 1. The van der Waals surface area contributed by atoms with Gasteiger partial charge in [-0.2, -0.15) is 4.31 Å². The minimum absolute atomic E-state index is 0.00589. The number of piperidine rings is 1. The van der Waals surface area contributed by atoms with Crippen LogP contribution < -0.4 is 5.32 Å². The second kappa shape index (κ2) is 7.89. The van der Waals surface area contributed by atoms with Crippen LogP contribution >= 0.6 is 0 Å². The molecule has 2 saturated heterocycles. The first kappa shape index (κ1) is 19.1. The molecule has 3 rings (SSSR count). The summed E-state index contributed by atoms with van der Waals surface area (Å²) < 4.78 is 32.6. The average molecular weight is 383 g/mol. The Morgan fingerprint density at radius 2 is 2.00 bits per heavy atom. The van der Waals surface area contributed by atoms with E-state index in [2.05, 4.69) is 5.32 Å². The van der Waals surface area contributed by atoms with E-state index >= 15 is 0 Å². The maximum absolute atomic E-state index is 12.8. The van der Waals surface area contributed by atoms with Crippen LogP contribution in [0.5, 0.6) is 0 Å². The fraction of sp³-hybridized carbons (Fsp3) is 0.647. The summed E-state index contributed by atoms with van der Waals surface area (Å²) in [5.74, 6) is 0. The van der Waals surface area contributed by atoms with Crippen molar-refractivity contribution in [2.24, 2.45) is 0 Å². The molecule has 0 amide bonds. The molecule has 2 atom stereocenters. The number of rotatable bonds is 6. The van der Waals surface area contributed by atoms with Crippen molar-refractivity contribution in [3.05, 3.63) is 28.3 Å². The van der Waals surface area contributed by atoms with E-state index < -0.39 is 14.9 Å². The third kappa shape index (κ3) is 3.99. The van der Waals surface area contributed by atoms with Gasteiger partial charge in [0.1, 0.15) is 5.69 Å². The van der Waals surface area contributed by atoms with E-state index in [0.717, 1.165) is 38.2 Å². The standard InChI is InChI=1S/C17H25N3O5S/c1-13(17-6-5-11-25-17)18-15-8-7-14(12-16(15)20(21)22)26(23,24)19-9-3-2-4-10-19/h7-8,12-13,17-18H,2-6,9-11H2,1H3. The van der Waals surface area contributed by atoms with E-state index in [4.69, 9.17) is 4.74 Å². The quantitative estimate of drug-likeness (QED) is 0.599. The summed E-state index contributed by atoms with van der Waals surface area (Å²) in [7, 11) is -3.70.